The zero-order chi connectivity index (χ0) is 14.1. The second-order valence-electron chi connectivity index (χ2n) is 5.82. The molecule has 0 aliphatic carbocycles. The molecule has 100 valence electrons. The van der Waals surface area contributed by atoms with Crippen LogP contribution in [0.1, 0.15) is 33.3 Å². The molecule has 4 heteroatoms. The molecule has 0 aromatic heterocycles. The molecule has 0 aliphatic rings. The molecule has 1 amide bonds. The molecule has 4 nitrogen and oxygen atoms in total. The predicted octanol–water partition coefficient (Wildman–Crippen LogP) is 2.40. The molecular formula is C14H22N2O2. The van der Waals surface area contributed by atoms with Crippen molar-refractivity contribution in [2.24, 2.45) is 11.1 Å². The van der Waals surface area contributed by atoms with E-state index >= 15 is 0 Å². The fraction of sp³-hybridized carbons (Fsp3) is 0.500. The van der Waals surface area contributed by atoms with Gasteiger partial charge in [-0.15, -0.1) is 0 Å². The molecule has 0 atom stereocenters. The van der Waals surface area contributed by atoms with Crippen LogP contribution in [-0.4, -0.2) is 16.6 Å². The van der Waals surface area contributed by atoms with E-state index < -0.39 is 11.0 Å². The Morgan fingerprint density at radius 1 is 1.28 bits per heavy atom. The largest absolute Gasteiger partial charge is 0.506 e. The van der Waals surface area contributed by atoms with Crippen LogP contribution in [0.25, 0.3) is 0 Å². The van der Waals surface area contributed by atoms with E-state index in [9.17, 15) is 9.90 Å². The number of benzene rings is 1. The number of anilines is 1. The van der Waals surface area contributed by atoms with E-state index in [0.29, 0.717) is 5.69 Å². The van der Waals surface area contributed by atoms with Gasteiger partial charge in [0.25, 0.3) is 0 Å². The number of aryl methyl sites for hydroxylation is 1. The van der Waals surface area contributed by atoms with Crippen LogP contribution >= 0.6 is 0 Å². The maximum Gasteiger partial charge on any atom is 0.231 e. The van der Waals surface area contributed by atoms with E-state index in [1.807, 2.05) is 20.8 Å². The van der Waals surface area contributed by atoms with Crippen LogP contribution in [0.2, 0.25) is 0 Å². The van der Waals surface area contributed by atoms with Crippen LogP contribution in [0.15, 0.2) is 18.2 Å². The zero-order valence-electron chi connectivity index (χ0n) is 11.7. The van der Waals surface area contributed by atoms with Gasteiger partial charge >= 0.3 is 0 Å². The number of phenolic OH excluding ortho intramolecular Hbond substituents is 1. The highest BCUT2D eigenvalue weighted by atomic mass is 16.3. The van der Waals surface area contributed by atoms with Gasteiger partial charge in [-0.25, -0.2) is 0 Å². The summed E-state index contributed by atoms with van der Waals surface area (Å²) in [6, 6.07) is 5.07. The lowest BCUT2D eigenvalue weighted by Crippen LogP contribution is -2.53. The number of nitrogens with one attached hydrogen (secondary N) is 1. The van der Waals surface area contributed by atoms with Gasteiger partial charge in [-0.3, -0.25) is 4.79 Å². The minimum atomic E-state index is -0.747. The minimum Gasteiger partial charge on any atom is -0.506 e. The van der Waals surface area contributed by atoms with Gasteiger partial charge in [-0.2, -0.15) is 0 Å². The molecule has 0 unspecified atom stereocenters. The van der Waals surface area contributed by atoms with Crippen LogP contribution in [-0.2, 0) is 4.79 Å². The summed E-state index contributed by atoms with van der Waals surface area (Å²) in [6.07, 6.45) is 0. The van der Waals surface area contributed by atoms with E-state index in [-0.39, 0.29) is 11.7 Å². The SMILES string of the molecule is Cc1ccc(O)c(NC(=O)C(C)(C)C(C)(C)N)c1. The first-order chi connectivity index (χ1) is 8.05. The molecule has 0 saturated heterocycles. The van der Waals surface area contributed by atoms with Crippen molar-refractivity contribution in [1.82, 2.24) is 0 Å². The maximum absolute atomic E-state index is 12.2. The van der Waals surface area contributed by atoms with E-state index in [1.54, 1.807) is 32.0 Å². The minimum absolute atomic E-state index is 0.0552. The smallest absolute Gasteiger partial charge is 0.231 e. The van der Waals surface area contributed by atoms with Crippen molar-refractivity contribution in [2.75, 3.05) is 5.32 Å². The van der Waals surface area contributed by atoms with Gasteiger partial charge in [0, 0.05) is 5.54 Å². The van der Waals surface area contributed by atoms with Crippen molar-refractivity contribution in [3.05, 3.63) is 23.8 Å². The Bertz CT molecular complexity index is 459. The molecule has 0 radical (unpaired) electrons. The Morgan fingerprint density at radius 2 is 1.83 bits per heavy atom. The lowest BCUT2D eigenvalue weighted by atomic mass is 9.74. The number of carbonyl (C=O) groups excluding carboxylic acids is 1. The van der Waals surface area contributed by atoms with Crippen molar-refractivity contribution in [2.45, 2.75) is 40.2 Å². The fourth-order valence-corrected chi connectivity index (χ4v) is 1.32. The van der Waals surface area contributed by atoms with E-state index in [2.05, 4.69) is 5.32 Å². The first-order valence-electron chi connectivity index (χ1n) is 5.95. The average molecular weight is 250 g/mol. The molecule has 0 fully saturated rings. The summed E-state index contributed by atoms with van der Waals surface area (Å²) < 4.78 is 0. The number of amides is 1. The first kappa shape index (κ1) is 14.5. The second-order valence-corrected chi connectivity index (χ2v) is 5.82. The quantitative estimate of drug-likeness (QED) is 0.721. The Balaban J connectivity index is 2.98. The maximum atomic E-state index is 12.2. The summed E-state index contributed by atoms with van der Waals surface area (Å²) in [7, 11) is 0. The molecule has 0 bridgehead atoms. The van der Waals surface area contributed by atoms with Gasteiger partial charge in [-0.05, 0) is 52.3 Å². The van der Waals surface area contributed by atoms with Crippen molar-refractivity contribution >= 4 is 11.6 Å². The molecule has 18 heavy (non-hydrogen) atoms. The van der Waals surface area contributed by atoms with Crippen LogP contribution in [0, 0.1) is 12.3 Å². The van der Waals surface area contributed by atoms with Gasteiger partial charge in [0.1, 0.15) is 5.75 Å². The summed E-state index contributed by atoms with van der Waals surface area (Å²) in [5.41, 5.74) is 5.99. The normalized spacial score (nSPS) is 12.3. The highest BCUT2D eigenvalue weighted by Crippen LogP contribution is 2.32. The zero-order valence-corrected chi connectivity index (χ0v) is 11.7. The van der Waals surface area contributed by atoms with Crippen LogP contribution in [0.3, 0.4) is 0 Å². The number of rotatable bonds is 3. The molecule has 1 aromatic rings. The lowest BCUT2D eigenvalue weighted by molar-refractivity contribution is -0.126. The summed E-state index contributed by atoms with van der Waals surface area (Å²) in [5, 5.41) is 12.4. The van der Waals surface area contributed by atoms with Gasteiger partial charge < -0.3 is 16.2 Å². The third kappa shape index (κ3) is 2.82. The standard InChI is InChI=1S/C14H22N2O2/c1-9-6-7-11(17)10(8-9)16-12(18)13(2,3)14(4,5)15/h6-8,17H,15H2,1-5H3,(H,16,18). The number of hydrogen-bond donors (Lipinski definition) is 3. The Hall–Kier alpha value is -1.55. The monoisotopic (exact) mass is 250 g/mol. The number of nitrogens with two attached hydrogens (primary N) is 1. The summed E-state index contributed by atoms with van der Waals surface area (Å²) in [5.74, 6) is -0.157. The molecule has 0 heterocycles. The van der Waals surface area contributed by atoms with Gasteiger partial charge in [-0.1, -0.05) is 6.07 Å². The topological polar surface area (TPSA) is 75.3 Å². The van der Waals surface area contributed by atoms with E-state index in [0.717, 1.165) is 5.56 Å². The number of hydrogen-bond acceptors (Lipinski definition) is 3. The van der Waals surface area contributed by atoms with Crippen molar-refractivity contribution in [3.63, 3.8) is 0 Å². The highest BCUT2D eigenvalue weighted by molar-refractivity contribution is 5.97. The predicted molar refractivity (Wildman–Crippen MR) is 73.5 cm³/mol. The van der Waals surface area contributed by atoms with Gasteiger partial charge in [0.2, 0.25) is 5.91 Å². The van der Waals surface area contributed by atoms with E-state index in [1.165, 1.54) is 0 Å². The van der Waals surface area contributed by atoms with Gasteiger partial charge in [0.15, 0.2) is 0 Å². The van der Waals surface area contributed by atoms with Crippen LogP contribution < -0.4 is 11.1 Å². The average Bonchev–Trinajstić information content (AvgIpc) is 2.21. The fourth-order valence-electron chi connectivity index (χ4n) is 1.32. The number of aromatic hydroxyl groups is 1. The molecule has 4 N–H and O–H groups in total. The Morgan fingerprint density at radius 3 is 2.33 bits per heavy atom. The van der Waals surface area contributed by atoms with Gasteiger partial charge in [0.05, 0.1) is 11.1 Å². The summed E-state index contributed by atoms with van der Waals surface area (Å²) in [4.78, 5) is 12.2. The number of carbonyl (C=O) groups is 1. The Kier molecular flexibility index (Phi) is 3.72. The highest BCUT2D eigenvalue weighted by Gasteiger charge is 2.40. The third-order valence-corrected chi connectivity index (χ3v) is 3.58. The molecular weight excluding hydrogens is 228 g/mol. The molecule has 0 aliphatic heterocycles. The second kappa shape index (κ2) is 4.61. The lowest BCUT2D eigenvalue weighted by Gasteiger charge is -2.36. The summed E-state index contributed by atoms with van der Waals surface area (Å²) >= 11 is 0. The van der Waals surface area contributed by atoms with Crippen molar-refractivity contribution in [1.29, 1.82) is 0 Å². The third-order valence-electron chi connectivity index (χ3n) is 3.58. The van der Waals surface area contributed by atoms with Crippen molar-refractivity contribution < 1.29 is 9.90 Å². The van der Waals surface area contributed by atoms with Crippen molar-refractivity contribution in [3.8, 4) is 5.75 Å². The molecule has 1 rings (SSSR count). The molecule has 0 saturated carbocycles. The first-order valence-corrected chi connectivity index (χ1v) is 5.95. The summed E-state index contributed by atoms with van der Waals surface area (Å²) in [6.45, 7) is 9.09. The molecule has 0 spiro atoms. The van der Waals surface area contributed by atoms with Crippen LogP contribution in [0.5, 0.6) is 5.75 Å². The van der Waals surface area contributed by atoms with E-state index in [4.69, 9.17) is 5.73 Å². The Labute approximate surface area is 108 Å². The molecule has 1 aromatic carbocycles. The number of phenols is 1. The van der Waals surface area contributed by atoms with Crippen LogP contribution in [0.4, 0.5) is 5.69 Å².